The van der Waals surface area contributed by atoms with Gasteiger partial charge in [-0.2, -0.15) is 18.3 Å². The number of halogens is 3. The van der Waals surface area contributed by atoms with E-state index in [0.29, 0.717) is 62.5 Å². The molecule has 2 N–H and O–H groups in total. The number of aromatic nitrogens is 3. The highest BCUT2D eigenvalue weighted by Crippen LogP contribution is 2.35. The molecule has 13 heteroatoms. The minimum atomic E-state index is -4.62. The maximum absolute atomic E-state index is 14.3. The molecular formula is C40H36F3N7O3. The van der Waals surface area contributed by atoms with Crippen LogP contribution in [0.1, 0.15) is 68.2 Å². The predicted molar refractivity (Wildman–Crippen MR) is 192 cm³/mol. The summed E-state index contributed by atoms with van der Waals surface area (Å²) in [6, 6.07) is 20.3. The molecule has 270 valence electrons. The number of carbonyl (C=O) groups is 3. The lowest BCUT2D eigenvalue weighted by molar-refractivity contribution is -0.138. The van der Waals surface area contributed by atoms with E-state index in [9.17, 15) is 27.6 Å². The Morgan fingerprint density at radius 1 is 0.943 bits per heavy atom. The summed E-state index contributed by atoms with van der Waals surface area (Å²) in [5, 5.41) is 9.29. The van der Waals surface area contributed by atoms with Crippen LogP contribution in [0.25, 0.3) is 5.65 Å². The van der Waals surface area contributed by atoms with Crippen LogP contribution in [0.5, 0.6) is 0 Å². The van der Waals surface area contributed by atoms with Crippen LogP contribution < -0.4 is 10.6 Å². The number of hydrogen-bond donors (Lipinski definition) is 2. The molecule has 2 fully saturated rings. The molecule has 1 unspecified atom stereocenters. The van der Waals surface area contributed by atoms with E-state index in [1.165, 1.54) is 12.1 Å². The van der Waals surface area contributed by atoms with Crippen LogP contribution in [0, 0.1) is 18.8 Å². The van der Waals surface area contributed by atoms with Crippen molar-refractivity contribution in [3.8, 4) is 11.8 Å². The van der Waals surface area contributed by atoms with Gasteiger partial charge in [0.2, 0.25) is 11.8 Å². The van der Waals surface area contributed by atoms with Crippen molar-refractivity contribution in [2.24, 2.45) is 0 Å². The second-order valence-electron chi connectivity index (χ2n) is 13.3. The molecule has 1 atom stereocenters. The van der Waals surface area contributed by atoms with Crippen molar-refractivity contribution >= 4 is 29.1 Å². The van der Waals surface area contributed by atoms with E-state index < -0.39 is 17.6 Å². The van der Waals surface area contributed by atoms with Gasteiger partial charge in [0.25, 0.3) is 5.91 Å². The van der Waals surface area contributed by atoms with Gasteiger partial charge in [-0.05, 0) is 77.9 Å². The van der Waals surface area contributed by atoms with Gasteiger partial charge in [-0.15, -0.1) is 0 Å². The van der Waals surface area contributed by atoms with Crippen LogP contribution in [0.4, 0.5) is 18.9 Å². The number of benzene rings is 3. The lowest BCUT2D eigenvalue weighted by Crippen LogP contribution is -2.45. The third kappa shape index (κ3) is 8.30. The first-order valence-electron chi connectivity index (χ1n) is 17.3. The Labute approximate surface area is 304 Å². The number of alkyl halides is 3. The minimum absolute atomic E-state index is 0.0421. The van der Waals surface area contributed by atoms with Crippen molar-refractivity contribution in [3.63, 3.8) is 0 Å². The van der Waals surface area contributed by atoms with Gasteiger partial charge in [0.1, 0.15) is 5.69 Å². The average Bonchev–Trinajstić information content (AvgIpc) is 3.55. The minimum Gasteiger partial charge on any atom is -0.322 e. The van der Waals surface area contributed by atoms with E-state index in [2.05, 4.69) is 37.5 Å². The summed E-state index contributed by atoms with van der Waals surface area (Å²) < 4.78 is 44.6. The first-order valence-corrected chi connectivity index (χ1v) is 17.3. The molecule has 10 nitrogen and oxygen atoms in total. The number of amides is 3. The molecule has 3 aromatic carbocycles. The number of carbonyl (C=O) groups excluding carboxylic acids is 3. The Balaban J connectivity index is 0.980. The van der Waals surface area contributed by atoms with Gasteiger partial charge in [-0.25, -0.2) is 9.50 Å². The smallest absolute Gasteiger partial charge is 0.322 e. The number of aryl methyl sites for hydroxylation is 1. The second-order valence-corrected chi connectivity index (χ2v) is 13.3. The number of nitrogens with one attached hydrogen (secondary N) is 2. The van der Waals surface area contributed by atoms with E-state index in [0.717, 1.165) is 22.8 Å². The maximum atomic E-state index is 14.3. The number of imide groups is 1. The van der Waals surface area contributed by atoms with Crippen molar-refractivity contribution < 1.29 is 27.6 Å². The highest BCUT2D eigenvalue weighted by atomic mass is 19.4. The Bertz CT molecular complexity index is 2270. The topological polar surface area (TPSA) is 112 Å². The molecule has 2 aliphatic rings. The summed E-state index contributed by atoms with van der Waals surface area (Å²) >= 11 is 0. The second kappa shape index (κ2) is 15.0. The number of piperazine rings is 1. The Morgan fingerprint density at radius 2 is 1.74 bits per heavy atom. The Kier molecular flexibility index (Phi) is 10.1. The van der Waals surface area contributed by atoms with Gasteiger partial charge in [0.15, 0.2) is 5.65 Å². The van der Waals surface area contributed by atoms with Gasteiger partial charge in [-0.3, -0.25) is 29.5 Å². The zero-order valence-electron chi connectivity index (χ0n) is 28.9. The standard InChI is InChI=1S/C40H36F3N7O3/c1-26-7-8-30(21-28(26)10-12-33-23-44-36-6-3-15-45-50(33)36)38(52)46-32-11-9-31(35(22-32)40(41,42)43)25-49-18-16-48(17-19-49)24-27-4-2-5-29(20-27)34-13-14-37(51)47-39(34)53/h2-9,11,15,20-23,34H,13-14,16-19,24-25H2,1H3,(H,46,52)(H,47,51,53). The van der Waals surface area contributed by atoms with Crippen molar-refractivity contribution in [1.82, 2.24) is 29.7 Å². The van der Waals surface area contributed by atoms with Crippen LogP contribution in [-0.4, -0.2) is 68.3 Å². The summed E-state index contributed by atoms with van der Waals surface area (Å²) in [6.45, 7) is 5.10. The van der Waals surface area contributed by atoms with Crippen LogP contribution in [0.15, 0.2) is 85.2 Å². The molecular weight excluding hydrogens is 683 g/mol. The normalized spacial score (nSPS) is 16.9. The summed E-state index contributed by atoms with van der Waals surface area (Å²) in [7, 11) is 0. The van der Waals surface area contributed by atoms with Gasteiger partial charge in [0, 0.05) is 68.7 Å². The Hall–Kier alpha value is -5.84. The summed E-state index contributed by atoms with van der Waals surface area (Å²) in [5.74, 6) is 4.66. The number of hydrogen-bond acceptors (Lipinski definition) is 7. The molecule has 53 heavy (non-hydrogen) atoms. The summed E-state index contributed by atoms with van der Waals surface area (Å²) in [5.41, 5.74) is 4.20. The summed E-state index contributed by atoms with van der Waals surface area (Å²) in [6.07, 6.45) is -0.590. The van der Waals surface area contributed by atoms with Crippen molar-refractivity contribution in [1.29, 1.82) is 0 Å². The fourth-order valence-electron chi connectivity index (χ4n) is 6.73. The van der Waals surface area contributed by atoms with Gasteiger partial charge in [-0.1, -0.05) is 42.3 Å². The molecule has 2 aromatic heterocycles. The fourth-order valence-corrected chi connectivity index (χ4v) is 6.73. The predicted octanol–water partition coefficient (Wildman–Crippen LogP) is 5.55. The number of nitrogens with zero attached hydrogens (tertiary/aromatic N) is 5. The molecule has 0 bridgehead atoms. The number of piperidine rings is 1. The molecule has 0 aliphatic carbocycles. The zero-order chi connectivity index (χ0) is 37.1. The number of rotatable bonds is 7. The van der Waals surface area contributed by atoms with Crippen molar-refractivity contribution in [3.05, 3.63) is 130 Å². The monoisotopic (exact) mass is 719 g/mol. The highest BCUT2D eigenvalue weighted by molar-refractivity contribution is 6.04. The molecule has 2 aliphatic heterocycles. The molecule has 0 radical (unpaired) electrons. The zero-order valence-corrected chi connectivity index (χ0v) is 28.9. The Morgan fingerprint density at radius 3 is 2.51 bits per heavy atom. The first kappa shape index (κ1) is 35.6. The largest absolute Gasteiger partial charge is 0.416 e. The lowest BCUT2D eigenvalue weighted by atomic mass is 9.89. The quantitative estimate of drug-likeness (QED) is 0.168. The van der Waals surface area contributed by atoms with Crippen LogP contribution in [-0.2, 0) is 28.9 Å². The average molecular weight is 720 g/mol. The number of anilines is 1. The first-order chi connectivity index (χ1) is 25.5. The third-order valence-electron chi connectivity index (χ3n) is 9.63. The molecule has 0 saturated carbocycles. The maximum Gasteiger partial charge on any atom is 0.416 e. The number of fused-ring (bicyclic) bond motifs is 1. The fraction of sp³-hybridized carbons (Fsp3) is 0.275. The van der Waals surface area contributed by atoms with Crippen LogP contribution >= 0.6 is 0 Å². The van der Waals surface area contributed by atoms with E-state index in [-0.39, 0.29) is 41.1 Å². The van der Waals surface area contributed by atoms with E-state index in [1.807, 2.05) is 42.2 Å². The van der Waals surface area contributed by atoms with E-state index in [4.69, 9.17) is 0 Å². The summed E-state index contributed by atoms with van der Waals surface area (Å²) in [4.78, 5) is 45.7. The molecule has 4 heterocycles. The van der Waals surface area contributed by atoms with Crippen molar-refractivity contribution in [2.45, 2.75) is 44.9 Å². The molecule has 7 rings (SSSR count). The van der Waals surface area contributed by atoms with Crippen LogP contribution in [0.3, 0.4) is 0 Å². The lowest BCUT2D eigenvalue weighted by Gasteiger charge is -2.35. The van der Waals surface area contributed by atoms with Gasteiger partial charge < -0.3 is 5.32 Å². The molecule has 0 spiro atoms. The highest BCUT2D eigenvalue weighted by Gasteiger charge is 2.34. The molecule has 3 amide bonds. The SMILES string of the molecule is Cc1ccc(C(=O)Nc2ccc(CN3CCN(Cc4cccc(C5CCC(=O)NC5=O)c4)CC3)c(C(F)(F)F)c2)cc1C#Cc1cnc2cccnn12. The molecule has 5 aromatic rings. The molecule has 2 saturated heterocycles. The van der Waals surface area contributed by atoms with Crippen molar-refractivity contribution in [2.75, 3.05) is 31.5 Å². The van der Waals surface area contributed by atoms with Gasteiger partial charge >= 0.3 is 6.18 Å². The van der Waals surface area contributed by atoms with E-state index in [1.54, 1.807) is 41.2 Å². The van der Waals surface area contributed by atoms with Crippen LogP contribution in [0.2, 0.25) is 0 Å². The van der Waals surface area contributed by atoms with Gasteiger partial charge in [0.05, 0.1) is 17.7 Å². The van der Waals surface area contributed by atoms with E-state index >= 15 is 0 Å². The number of imidazole rings is 1. The third-order valence-corrected chi connectivity index (χ3v) is 9.63.